The monoisotopic (exact) mass is 362 g/mol. The van der Waals surface area contributed by atoms with Crippen LogP contribution in [-0.2, 0) is 9.59 Å². The number of hydrogen-bond donors (Lipinski definition) is 1. The summed E-state index contributed by atoms with van der Waals surface area (Å²) in [5.74, 6) is -0.646. The standard InChI is InChI=1S/C18H16Cl2N2O2/c1-11-2-5-14(9-16(11)20)21-18(24)12-8-17(23)22(10-12)15-6-3-13(19)4-7-15/h2-7,9,12H,8,10H2,1H3,(H,21,24). The summed E-state index contributed by atoms with van der Waals surface area (Å²) < 4.78 is 0. The third kappa shape index (κ3) is 3.55. The number of rotatable bonds is 3. The Bertz CT molecular complexity index is 790. The number of benzene rings is 2. The molecule has 1 aliphatic heterocycles. The molecule has 4 nitrogen and oxygen atoms in total. The van der Waals surface area contributed by atoms with Crippen molar-refractivity contribution < 1.29 is 9.59 Å². The lowest BCUT2D eigenvalue weighted by Gasteiger charge is -2.17. The van der Waals surface area contributed by atoms with Crippen LogP contribution in [0.3, 0.4) is 0 Å². The molecule has 124 valence electrons. The van der Waals surface area contributed by atoms with Crippen molar-refractivity contribution in [3.05, 3.63) is 58.1 Å². The van der Waals surface area contributed by atoms with Gasteiger partial charge in [-0.05, 0) is 48.9 Å². The quantitative estimate of drug-likeness (QED) is 0.884. The number of carbonyl (C=O) groups is 2. The number of carbonyl (C=O) groups excluding carboxylic acids is 2. The van der Waals surface area contributed by atoms with Gasteiger partial charge in [0.15, 0.2) is 0 Å². The van der Waals surface area contributed by atoms with E-state index in [-0.39, 0.29) is 18.2 Å². The Morgan fingerprint density at radius 3 is 2.54 bits per heavy atom. The maximum Gasteiger partial charge on any atom is 0.229 e. The zero-order valence-corrected chi connectivity index (χ0v) is 14.6. The third-order valence-electron chi connectivity index (χ3n) is 4.07. The Labute approximate surface area is 150 Å². The highest BCUT2D eigenvalue weighted by Gasteiger charge is 2.35. The number of hydrogen-bond acceptors (Lipinski definition) is 2. The van der Waals surface area contributed by atoms with Crippen molar-refractivity contribution in [1.82, 2.24) is 0 Å². The van der Waals surface area contributed by atoms with Gasteiger partial charge in [0.1, 0.15) is 0 Å². The van der Waals surface area contributed by atoms with Crippen LogP contribution in [0.1, 0.15) is 12.0 Å². The summed E-state index contributed by atoms with van der Waals surface area (Å²) in [5, 5.41) is 4.03. The lowest BCUT2D eigenvalue weighted by molar-refractivity contribution is -0.122. The zero-order chi connectivity index (χ0) is 17.3. The summed E-state index contributed by atoms with van der Waals surface area (Å²) in [6.07, 6.45) is 0.189. The predicted octanol–water partition coefficient (Wildman–Crippen LogP) is 4.29. The van der Waals surface area contributed by atoms with Gasteiger partial charge >= 0.3 is 0 Å². The van der Waals surface area contributed by atoms with Crippen LogP contribution in [-0.4, -0.2) is 18.4 Å². The minimum atomic E-state index is -0.395. The molecule has 1 N–H and O–H groups in total. The normalized spacial score (nSPS) is 17.2. The van der Waals surface area contributed by atoms with E-state index in [1.54, 1.807) is 41.3 Å². The van der Waals surface area contributed by atoms with E-state index in [4.69, 9.17) is 23.2 Å². The SMILES string of the molecule is Cc1ccc(NC(=O)C2CC(=O)N(c3ccc(Cl)cc3)C2)cc1Cl. The lowest BCUT2D eigenvalue weighted by atomic mass is 10.1. The summed E-state index contributed by atoms with van der Waals surface area (Å²) in [6, 6.07) is 12.4. The molecule has 1 unspecified atom stereocenters. The molecule has 1 heterocycles. The van der Waals surface area contributed by atoms with Crippen molar-refractivity contribution >= 4 is 46.4 Å². The number of anilines is 2. The highest BCUT2D eigenvalue weighted by molar-refractivity contribution is 6.31. The number of nitrogens with zero attached hydrogens (tertiary/aromatic N) is 1. The first-order valence-corrected chi connectivity index (χ1v) is 8.32. The van der Waals surface area contributed by atoms with Gasteiger partial charge in [-0.25, -0.2) is 0 Å². The molecular formula is C18H16Cl2N2O2. The van der Waals surface area contributed by atoms with Gasteiger partial charge in [0.25, 0.3) is 0 Å². The first-order valence-electron chi connectivity index (χ1n) is 7.57. The van der Waals surface area contributed by atoms with Crippen molar-refractivity contribution in [2.24, 2.45) is 5.92 Å². The van der Waals surface area contributed by atoms with Crippen LogP contribution < -0.4 is 10.2 Å². The van der Waals surface area contributed by atoms with Gasteiger partial charge in [-0.2, -0.15) is 0 Å². The van der Waals surface area contributed by atoms with Crippen molar-refractivity contribution in [2.75, 3.05) is 16.8 Å². The highest BCUT2D eigenvalue weighted by atomic mass is 35.5. The van der Waals surface area contributed by atoms with E-state index in [0.717, 1.165) is 11.3 Å². The fourth-order valence-corrected chi connectivity index (χ4v) is 2.98. The van der Waals surface area contributed by atoms with E-state index >= 15 is 0 Å². The summed E-state index contributed by atoms with van der Waals surface area (Å²) in [4.78, 5) is 26.3. The maximum absolute atomic E-state index is 12.4. The fourth-order valence-electron chi connectivity index (χ4n) is 2.67. The topological polar surface area (TPSA) is 49.4 Å². The fraction of sp³-hybridized carbons (Fsp3) is 0.222. The molecular weight excluding hydrogens is 347 g/mol. The molecule has 2 aromatic carbocycles. The van der Waals surface area contributed by atoms with Crippen LogP contribution in [0.2, 0.25) is 10.0 Å². The van der Waals surface area contributed by atoms with Gasteiger partial charge < -0.3 is 10.2 Å². The minimum Gasteiger partial charge on any atom is -0.326 e. The van der Waals surface area contributed by atoms with Crippen LogP contribution in [0.4, 0.5) is 11.4 Å². The Balaban J connectivity index is 1.69. The van der Waals surface area contributed by atoms with Gasteiger partial charge in [0, 0.05) is 34.4 Å². The molecule has 3 rings (SSSR count). The Morgan fingerprint density at radius 2 is 1.88 bits per heavy atom. The molecule has 0 spiro atoms. The Kier molecular flexibility index (Phi) is 4.78. The van der Waals surface area contributed by atoms with E-state index in [1.807, 2.05) is 13.0 Å². The van der Waals surface area contributed by atoms with Crippen LogP contribution in [0.5, 0.6) is 0 Å². The molecule has 2 amide bonds. The van der Waals surface area contributed by atoms with Crippen molar-refractivity contribution in [2.45, 2.75) is 13.3 Å². The van der Waals surface area contributed by atoms with Crippen LogP contribution in [0.25, 0.3) is 0 Å². The first kappa shape index (κ1) is 16.8. The third-order valence-corrected chi connectivity index (χ3v) is 4.73. The smallest absolute Gasteiger partial charge is 0.229 e. The van der Waals surface area contributed by atoms with E-state index in [1.165, 1.54) is 0 Å². The minimum absolute atomic E-state index is 0.0700. The number of amides is 2. The molecule has 2 aromatic rings. The molecule has 0 radical (unpaired) electrons. The molecule has 0 aliphatic carbocycles. The van der Waals surface area contributed by atoms with Crippen molar-refractivity contribution in [1.29, 1.82) is 0 Å². The second-order valence-corrected chi connectivity index (χ2v) is 6.68. The van der Waals surface area contributed by atoms with E-state index < -0.39 is 5.92 Å². The van der Waals surface area contributed by atoms with Crippen molar-refractivity contribution in [3.63, 3.8) is 0 Å². The van der Waals surface area contributed by atoms with Gasteiger partial charge in [-0.1, -0.05) is 29.3 Å². The average Bonchev–Trinajstić information content (AvgIpc) is 2.94. The molecule has 6 heteroatoms. The average molecular weight is 363 g/mol. The predicted molar refractivity (Wildman–Crippen MR) is 96.7 cm³/mol. The maximum atomic E-state index is 12.4. The number of nitrogens with one attached hydrogen (secondary N) is 1. The first-order chi connectivity index (χ1) is 11.4. The lowest BCUT2D eigenvalue weighted by Crippen LogP contribution is -2.28. The molecule has 1 saturated heterocycles. The molecule has 1 fully saturated rings. The summed E-state index contributed by atoms with van der Waals surface area (Å²) in [6.45, 7) is 2.25. The zero-order valence-electron chi connectivity index (χ0n) is 13.1. The molecule has 0 bridgehead atoms. The van der Waals surface area contributed by atoms with Crippen molar-refractivity contribution in [3.8, 4) is 0 Å². The largest absolute Gasteiger partial charge is 0.326 e. The van der Waals surface area contributed by atoms with E-state index in [2.05, 4.69) is 5.32 Å². The molecule has 1 aliphatic rings. The second kappa shape index (κ2) is 6.83. The van der Waals surface area contributed by atoms with E-state index in [0.29, 0.717) is 22.3 Å². The molecule has 24 heavy (non-hydrogen) atoms. The van der Waals surface area contributed by atoms with Crippen LogP contribution in [0.15, 0.2) is 42.5 Å². The summed E-state index contributed by atoms with van der Waals surface area (Å²) in [5.41, 5.74) is 2.32. The van der Waals surface area contributed by atoms with Gasteiger partial charge in [0.2, 0.25) is 11.8 Å². The molecule has 0 saturated carbocycles. The van der Waals surface area contributed by atoms with E-state index in [9.17, 15) is 9.59 Å². The Morgan fingerprint density at radius 1 is 1.17 bits per heavy atom. The summed E-state index contributed by atoms with van der Waals surface area (Å²) >= 11 is 11.9. The van der Waals surface area contributed by atoms with Gasteiger partial charge in [-0.3, -0.25) is 9.59 Å². The highest BCUT2D eigenvalue weighted by Crippen LogP contribution is 2.27. The van der Waals surface area contributed by atoms with Crippen LogP contribution in [0, 0.1) is 12.8 Å². The van der Waals surface area contributed by atoms with Crippen LogP contribution >= 0.6 is 23.2 Å². The van der Waals surface area contributed by atoms with Gasteiger partial charge in [-0.15, -0.1) is 0 Å². The number of halogens is 2. The Hall–Kier alpha value is -2.04. The summed E-state index contributed by atoms with van der Waals surface area (Å²) in [7, 11) is 0. The molecule has 0 aromatic heterocycles. The molecule has 1 atom stereocenters. The second-order valence-electron chi connectivity index (χ2n) is 5.84. The number of aryl methyl sites for hydroxylation is 1. The van der Waals surface area contributed by atoms with Gasteiger partial charge in [0.05, 0.1) is 5.92 Å².